The molecule has 0 aliphatic heterocycles. The topological polar surface area (TPSA) is 20.2 Å². The number of thiophene rings is 1. The predicted octanol–water partition coefficient (Wildman–Crippen LogP) is 2.75. The van der Waals surface area contributed by atoms with Crippen LogP contribution in [0.5, 0.6) is 5.75 Å². The summed E-state index contributed by atoms with van der Waals surface area (Å²) < 4.78 is 13.5. The van der Waals surface area contributed by atoms with E-state index in [4.69, 9.17) is 0 Å². The van der Waals surface area contributed by atoms with E-state index in [9.17, 15) is 9.50 Å². The van der Waals surface area contributed by atoms with Crippen molar-refractivity contribution in [1.29, 1.82) is 0 Å². The minimum absolute atomic E-state index is 0.157. The molecular weight excluding hydrogens is 163 g/mol. The Kier molecular flexibility index (Phi) is 1.32. The molecule has 1 heterocycles. The number of benzene rings is 1. The average Bonchev–Trinajstić information content (AvgIpc) is 2.33. The minimum Gasteiger partial charge on any atom is -0.506 e. The van der Waals surface area contributed by atoms with E-state index in [1.54, 1.807) is 11.4 Å². The number of rotatable bonds is 0. The maximum atomic E-state index is 12.6. The second-order valence-electron chi connectivity index (χ2n) is 2.26. The van der Waals surface area contributed by atoms with Gasteiger partial charge in [-0.25, -0.2) is 4.39 Å². The van der Waals surface area contributed by atoms with Gasteiger partial charge in [-0.3, -0.25) is 0 Å². The molecule has 1 N–H and O–H groups in total. The number of hydrogen-bond donors (Lipinski definition) is 1. The summed E-state index contributed by atoms with van der Waals surface area (Å²) >= 11 is 1.41. The summed E-state index contributed by atoms with van der Waals surface area (Å²) in [5.41, 5.74) is 0. The summed E-state index contributed by atoms with van der Waals surface area (Å²) in [6, 6.07) is 4.38. The largest absolute Gasteiger partial charge is 0.506 e. The third-order valence-electron chi connectivity index (χ3n) is 1.52. The molecule has 0 amide bonds. The van der Waals surface area contributed by atoms with Crippen molar-refractivity contribution >= 4 is 21.4 Å². The highest BCUT2D eigenvalue weighted by molar-refractivity contribution is 7.17. The van der Waals surface area contributed by atoms with Gasteiger partial charge in [0.05, 0.1) is 0 Å². The van der Waals surface area contributed by atoms with Crippen LogP contribution in [0.3, 0.4) is 0 Å². The Morgan fingerprint density at radius 3 is 3.00 bits per heavy atom. The molecule has 0 aliphatic carbocycles. The monoisotopic (exact) mass is 168 g/mol. The lowest BCUT2D eigenvalue weighted by Gasteiger charge is -1.89. The Balaban J connectivity index is 2.87. The Bertz CT molecular complexity index is 394. The molecule has 2 aromatic rings. The lowest BCUT2D eigenvalue weighted by Crippen LogP contribution is -1.69. The van der Waals surface area contributed by atoms with Crippen LogP contribution in [0.1, 0.15) is 0 Å². The van der Waals surface area contributed by atoms with E-state index in [1.807, 2.05) is 0 Å². The van der Waals surface area contributed by atoms with E-state index in [0.717, 1.165) is 4.70 Å². The van der Waals surface area contributed by atoms with Gasteiger partial charge in [0.15, 0.2) is 0 Å². The van der Waals surface area contributed by atoms with Crippen molar-refractivity contribution < 1.29 is 9.50 Å². The van der Waals surface area contributed by atoms with Crippen molar-refractivity contribution in [3.05, 3.63) is 29.4 Å². The maximum absolute atomic E-state index is 12.6. The van der Waals surface area contributed by atoms with Gasteiger partial charge in [-0.1, -0.05) is 0 Å². The minimum atomic E-state index is -0.314. The molecule has 0 atom stereocenters. The van der Waals surface area contributed by atoms with Crippen molar-refractivity contribution in [3.8, 4) is 5.75 Å². The van der Waals surface area contributed by atoms with Crippen LogP contribution >= 0.6 is 11.3 Å². The summed E-state index contributed by atoms with van der Waals surface area (Å²) in [5, 5.41) is 11.4. The van der Waals surface area contributed by atoms with Crippen molar-refractivity contribution in [2.45, 2.75) is 0 Å². The van der Waals surface area contributed by atoms with Crippen LogP contribution in [0, 0.1) is 5.82 Å². The molecule has 3 heteroatoms. The second-order valence-corrected chi connectivity index (χ2v) is 3.17. The molecule has 0 fully saturated rings. The molecule has 0 saturated carbocycles. The zero-order valence-electron chi connectivity index (χ0n) is 5.54. The smallest absolute Gasteiger partial charge is 0.134 e. The normalized spacial score (nSPS) is 10.6. The fourth-order valence-corrected chi connectivity index (χ4v) is 1.79. The number of hydrogen-bond acceptors (Lipinski definition) is 2. The SMILES string of the molecule is Oc1csc2ccc(F)cc12. The van der Waals surface area contributed by atoms with Gasteiger partial charge in [-0.2, -0.15) is 0 Å². The molecule has 0 aliphatic rings. The van der Waals surface area contributed by atoms with E-state index >= 15 is 0 Å². The summed E-state index contributed by atoms with van der Waals surface area (Å²) in [6.07, 6.45) is 0. The zero-order chi connectivity index (χ0) is 7.84. The third kappa shape index (κ3) is 0.973. The van der Waals surface area contributed by atoms with Crippen LogP contribution in [0.2, 0.25) is 0 Å². The van der Waals surface area contributed by atoms with Crippen LogP contribution in [0.4, 0.5) is 4.39 Å². The van der Waals surface area contributed by atoms with Gasteiger partial charge in [-0.05, 0) is 18.2 Å². The van der Waals surface area contributed by atoms with Gasteiger partial charge in [0, 0.05) is 15.5 Å². The molecule has 2 rings (SSSR count). The molecule has 0 spiro atoms. The third-order valence-corrected chi connectivity index (χ3v) is 2.47. The first-order chi connectivity index (χ1) is 5.27. The second kappa shape index (κ2) is 2.20. The Morgan fingerprint density at radius 1 is 1.36 bits per heavy atom. The fourth-order valence-electron chi connectivity index (χ4n) is 0.988. The number of aromatic hydroxyl groups is 1. The Hall–Kier alpha value is -1.09. The highest BCUT2D eigenvalue weighted by Gasteiger charge is 2.01. The van der Waals surface area contributed by atoms with Gasteiger partial charge in [0.2, 0.25) is 0 Å². The van der Waals surface area contributed by atoms with E-state index in [1.165, 1.54) is 23.5 Å². The molecule has 0 radical (unpaired) electrons. The number of fused-ring (bicyclic) bond motifs is 1. The molecule has 56 valence electrons. The molecule has 0 bridgehead atoms. The van der Waals surface area contributed by atoms with Crippen molar-refractivity contribution in [2.24, 2.45) is 0 Å². The first-order valence-corrected chi connectivity index (χ1v) is 4.01. The quantitative estimate of drug-likeness (QED) is 0.641. The summed E-state index contributed by atoms with van der Waals surface area (Å²) in [6.45, 7) is 0. The highest BCUT2D eigenvalue weighted by Crippen LogP contribution is 2.31. The highest BCUT2D eigenvalue weighted by atomic mass is 32.1. The summed E-state index contributed by atoms with van der Waals surface area (Å²) in [5.74, 6) is -0.157. The van der Waals surface area contributed by atoms with Crippen LogP contribution in [0.25, 0.3) is 10.1 Å². The Labute approximate surface area is 66.7 Å². The fraction of sp³-hybridized carbons (Fsp3) is 0. The van der Waals surface area contributed by atoms with Gasteiger partial charge in [0.25, 0.3) is 0 Å². The summed E-state index contributed by atoms with van der Waals surface area (Å²) in [7, 11) is 0. The molecule has 11 heavy (non-hydrogen) atoms. The molecule has 1 aromatic heterocycles. The molecular formula is C8H5FOS. The van der Waals surface area contributed by atoms with Gasteiger partial charge >= 0.3 is 0 Å². The first kappa shape index (κ1) is 6.61. The molecule has 1 nitrogen and oxygen atoms in total. The lowest BCUT2D eigenvalue weighted by atomic mass is 10.2. The maximum Gasteiger partial charge on any atom is 0.134 e. The van der Waals surface area contributed by atoms with Gasteiger partial charge < -0.3 is 5.11 Å². The molecule has 0 saturated heterocycles. The van der Waals surface area contributed by atoms with Crippen molar-refractivity contribution in [2.75, 3.05) is 0 Å². The van der Waals surface area contributed by atoms with E-state index < -0.39 is 0 Å². The van der Waals surface area contributed by atoms with Crippen LogP contribution in [0.15, 0.2) is 23.6 Å². The van der Waals surface area contributed by atoms with Crippen LogP contribution in [-0.2, 0) is 0 Å². The lowest BCUT2D eigenvalue weighted by molar-refractivity contribution is 0.483. The van der Waals surface area contributed by atoms with E-state index in [2.05, 4.69) is 0 Å². The Morgan fingerprint density at radius 2 is 2.18 bits per heavy atom. The van der Waals surface area contributed by atoms with Gasteiger partial charge in [0.1, 0.15) is 11.6 Å². The average molecular weight is 168 g/mol. The molecule has 0 unspecified atom stereocenters. The van der Waals surface area contributed by atoms with Crippen LogP contribution < -0.4 is 0 Å². The van der Waals surface area contributed by atoms with Crippen molar-refractivity contribution in [1.82, 2.24) is 0 Å². The zero-order valence-corrected chi connectivity index (χ0v) is 6.36. The predicted molar refractivity (Wildman–Crippen MR) is 43.4 cm³/mol. The van der Waals surface area contributed by atoms with Crippen molar-refractivity contribution in [3.63, 3.8) is 0 Å². The standard InChI is InChI=1S/C8H5FOS/c9-5-1-2-8-6(3-5)7(10)4-11-8/h1-4,10H. The number of halogens is 1. The van der Waals surface area contributed by atoms with E-state index in [0.29, 0.717) is 5.39 Å². The van der Waals surface area contributed by atoms with Crippen LogP contribution in [-0.4, -0.2) is 5.11 Å². The molecule has 1 aromatic carbocycles. The first-order valence-electron chi connectivity index (χ1n) is 3.13. The summed E-state index contributed by atoms with van der Waals surface area (Å²) in [4.78, 5) is 0. The van der Waals surface area contributed by atoms with Gasteiger partial charge in [-0.15, -0.1) is 11.3 Å². The van der Waals surface area contributed by atoms with E-state index in [-0.39, 0.29) is 11.6 Å².